The SMILES string of the molecule is O=C(O)[C@@H]1[C@H]2OCCN(C(=O)C(F)(F)F)[C@H]21. The van der Waals surface area contributed by atoms with Crippen LogP contribution >= 0.6 is 0 Å². The number of alkyl halides is 3. The Morgan fingerprint density at radius 3 is 2.50 bits per heavy atom. The summed E-state index contributed by atoms with van der Waals surface area (Å²) in [7, 11) is 0. The number of nitrogens with zero attached hydrogens (tertiary/aromatic N) is 1. The number of aliphatic carboxylic acids is 1. The fourth-order valence-electron chi connectivity index (χ4n) is 1.96. The molecular weight excluding hydrogens is 231 g/mol. The third-order valence-electron chi connectivity index (χ3n) is 2.71. The molecule has 1 aliphatic carbocycles. The molecule has 2 rings (SSSR count). The Kier molecular flexibility index (Phi) is 2.33. The lowest BCUT2D eigenvalue weighted by molar-refractivity contribution is -0.189. The molecule has 0 bridgehead atoms. The van der Waals surface area contributed by atoms with Gasteiger partial charge in [0.15, 0.2) is 0 Å². The zero-order valence-electron chi connectivity index (χ0n) is 7.90. The fraction of sp³-hybridized carbons (Fsp3) is 0.750. The quantitative estimate of drug-likeness (QED) is 0.691. The van der Waals surface area contributed by atoms with E-state index in [9.17, 15) is 22.8 Å². The van der Waals surface area contributed by atoms with E-state index in [4.69, 9.17) is 9.84 Å². The van der Waals surface area contributed by atoms with Crippen LogP contribution in [-0.4, -0.2) is 53.4 Å². The van der Waals surface area contributed by atoms with E-state index in [1.807, 2.05) is 0 Å². The molecule has 2 fully saturated rings. The predicted octanol–water partition coefficient (Wildman–Crippen LogP) is -0.141. The summed E-state index contributed by atoms with van der Waals surface area (Å²) in [5.74, 6) is -4.26. The summed E-state index contributed by atoms with van der Waals surface area (Å²) >= 11 is 0. The molecule has 0 radical (unpaired) electrons. The number of halogens is 3. The summed E-state index contributed by atoms with van der Waals surface area (Å²) in [6.07, 6.45) is -5.76. The Bertz CT molecular complexity index is 343. The van der Waals surface area contributed by atoms with E-state index in [1.54, 1.807) is 0 Å². The molecule has 3 atom stereocenters. The molecule has 1 N–H and O–H groups in total. The van der Waals surface area contributed by atoms with Crippen LogP contribution in [0.5, 0.6) is 0 Å². The van der Waals surface area contributed by atoms with E-state index < -0.39 is 36.1 Å². The topological polar surface area (TPSA) is 66.8 Å². The van der Waals surface area contributed by atoms with Gasteiger partial charge >= 0.3 is 18.1 Å². The smallest absolute Gasteiger partial charge is 0.471 e. The Hall–Kier alpha value is -1.31. The van der Waals surface area contributed by atoms with Crippen molar-refractivity contribution in [3.63, 3.8) is 0 Å². The average Bonchev–Trinajstić information content (AvgIpc) is 2.88. The van der Waals surface area contributed by atoms with Crippen molar-refractivity contribution in [3.05, 3.63) is 0 Å². The number of carboxylic acids is 1. The third kappa shape index (κ3) is 1.62. The number of carboxylic acid groups (broad SMARTS) is 1. The molecular formula is C8H8F3NO4. The van der Waals surface area contributed by atoms with E-state index in [2.05, 4.69) is 0 Å². The van der Waals surface area contributed by atoms with Gasteiger partial charge in [-0.2, -0.15) is 13.2 Å². The lowest BCUT2D eigenvalue weighted by Crippen LogP contribution is -2.47. The molecule has 0 spiro atoms. The van der Waals surface area contributed by atoms with Crippen molar-refractivity contribution < 1.29 is 32.6 Å². The van der Waals surface area contributed by atoms with Crippen molar-refractivity contribution in [2.24, 2.45) is 5.92 Å². The second kappa shape index (κ2) is 3.34. The minimum Gasteiger partial charge on any atom is -0.481 e. The fourth-order valence-corrected chi connectivity index (χ4v) is 1.96. The van der Waals surface area contributed by atoms with Gasteiger partial charge in [0.25, 0.3) is 0 Å². The van der Waals surface area contributed by atoms with Crippen molar-refractivity contribution in [2.45, 2.75) is 18.3 Å². The number of rotatable bonds is 1. The Labute approximate surface area is 87.8 Å². The van der Waals surface area contributed by atoms with Crippen LogP contribution in [0, 0.1) is 5.92 Å². The molecule has 16 heavy (non-hydrogen) atoms. The second-order valence-electron chi connectivity index (χ2n) is 3.69. The van der Waals surface area contributed by atoms with Gasteiger partial charge < -0.3 is 14.7 Å². The second-order valence-corrected chi connectivity index (χ2v) is 3.69. The number of hydrogen-bond acceptors (Lipinski definition) is 3. The lowest BCUT2D eigenvalue weighted by Gasteiger charge is -2.27. The highest BCUT2D eigenvalue weighted by Gasteiger charge is 2.64. The molecule has 1 aliphatic heterocycles. The summed E-state index contributed by atoms with van der Waals surface area (Å²) in [6.45, 7) is -0.282. The maximum absolute atomic E-state index is 12.2. The van der Waals surface area contributed by atoms with Crippen LogP contribution in [0.1, 0.15) is 0 Å². The standard InChI is InChI=1S/C8H8F3NO4/c9-8(10,11)7(15)12-1-2-16-5-3(4(5)12)6(13)14/h3-5H,1-2H2,(H,13,14)/t3-,4-,5+/m0/s1. The first-order valence-electron chi connectivity index (χ1n) is 4.56. The van der Waals surface area contributed by atoms with Gasteiger partial charge in [-0.15, -0.1) is 0 Å². The van der Waals surface area contributed by atoms with Gasteiger partial charge in [-0.3, -0.25) is 9.59 Å². The molecule has 2 aliphatic rings. The summed E-state index contributed by atoms with van der Waals surface area (Å²) in [5, 5.41) is 8.69. The minimum absolute atomic E-state index is 0.0627. The van der Waals surface area contributed by atoms with Gasteiger partial charge in [0.1, 0.15) is 5.92 Å². The Morgan fingerprint density at radius 1 is 1.38 bits per heavy atom. The molecule has 0 unspecified atom stereocenters. The monoisotopic (exact) mass is 239 g/mol. The van der Waals surface area contributed by atoms with Crippen molar-refractivity contribution in [3.8, 4) is 0 Å². The van der Waals surface area contributed by atoms with E-state index in [0.717, 1.165) is 0 Å². The molecule has 1 saturated heterocycles. The molecule has 1 heterocycles. The molecule has 1 saturated carbocycles. The number of ether oxygens (including phenoxy) is 1. The van der Waals surface area contributed by atoms with Crippen LogP contribution in [0.25, 0.3) is 0 Å². The molecule has 0 aromatic heterocycles. The van der Waals surface area contributed by atoms with Crippen LogP contribution in [0.15, 0.2) is 0 Å². The normalized spacial score (nSPS) is 33.2. The maximum atomic E-state index is 12.2. The highest BCUT2D eigenvalue weighted by molar-refractivity contribution is 5.85. The minimum atomic E-state index is -4.96. The summed E-state index contributed by atoms with van der Waals surface area (Å²) in [5.41, 5.74) is 0. The van der Waals surface area contributed by atoms with Crippen molar-refractivity contribution in [1.82, 2.24) is 4.90 Å². The summed E-state index contributed by atoms with van der Waals surface area (Å²) in [4.78, 5) is 22.2. The van der Waals surface area contributed by atoms with Crippen LogP contribution in [0.3, 0.4) is 0 Å². The average molecular weight is 239 g/mol. The highest BCUT2D eigenvalue weighted by Crippen LogP contribution is 2.43. The highest BCUT2D eigenvalue weighted by atomic mass is 19.4. The van der Waals surface area contributed by atoms with E-state index >= 15 is 0 Å². The molecule has 0 aromatic rings. The van der Waals surface area contributed by atoms with Crippen molar-refractivity contribution >= 4 is 11.9 Å². The largest absolute Gasteiger partial charge is 0.481 e. The number of hydrogen-bond donors (Lipinski definition) is 1. The van der Waals surface area contributed by atoms with Gasteiger partial charge in [0.05, 0.1) is 18.8 Å². The zero-order chi connectivity index (χ0) is 12.1. The Balaban J connectivity index is 2.12. The number of morpholine rings is 1. The third-order valence-corrected chi connectivity index (χ3v) is 2.71. The van der Waals surface area contributed by atoms with E-state index in [0.29, 0.717) is 4.90 Å². The van der Waals surface area contributed by atoms with Gasteiger partial charge in [-0.1, -0.05) is 0 Å². The van der Waals surface area contributed by atoms with Gasteiger partial charge in [-0.25, -0.2) is 0 Å². The Morgan fingerprint density at radius 2 is 2.00 bits per heavy atom. The first-order chi connectivity index (χ1) is 7.34. The number of fused-ring (bicyclic) bond motifs is 1. The first kappa shape index (κ1) is 11.2. The number of carbonyl (C=O) groups excluding carboxylic acids is 1. The predicted molar refractivity (Wildman–Crippen MR) is 42.4 cm³/mol. The van der Waals surface area contributed by atoms with Crippen LogP contribution in [-0.2, 0) is 14.3 Å². The van der Waals surface area contributed by atoms with Gasteiger partial charge in [-0.05, 0) is 0 Å². The molecule has 5 nitrogen and oxygen atoms in total. The van der Waals surface area contributed by atoms with Crippen LogP contribution < -0.4 is 0 Å². The lowest BCUT2D eigenvalue weighted by atomic mass is 10.3. The maximum Gasteiger partial charge on any atom is 0.471 e. The molecule has 1 amide bonds. The summed E-state index contributed by atoms with van der Waals surface area (Å²) in [6, 6.07) is -0.972. The molecule has 8 heteroatoms. The van der Waals surface area contributed by atoms with E-state index in [-0.39, 0.29) is 13.2 Å². The van der Waals surface area contributed by atoms with E-state index in [1.165, 1.54) is 0 Å². The molecule has 90 valence electrons. The van der Waals surface area contributed by atoms with Gasteiger partial charge in [0, 0.05) is 6.54 Å². The number of amides is 1. The summed E-state index contributed by atoms with van der Waals surface area (Å²) < 4.78 is 41.5. The van der Waals surface area contributed by atoms with Crippen LogP contribution in [0.4, 0.5) is 13.2 Å². The van der Waals surface area contributed by atoms with Crippen LogP contribution in [0.2, 0.25) is 0 Å². The molecule has 0 aromatic carbocycles. The first-order valence-corrected chi connectivity index (χ1v) is 4.56. The van der Waals surface area contributed by atoms with Crippen molar-refractivity contribution in [1.29, 1.82) is 0 Å². The van der Waals surface area contributed by atoms with Gasteiger partial charge in [0.2, 0.25) is 0 Å². The van der Waals surface area contributed by atoms with Crippen molar-refractivity contribution in [2.75, 3.05) is 13.2 Å². The zero-order valence-corrected chi connectivity index (χ0v) is 7.90. The number of carbonyl (C=O) groups is 2.